The highest BCUT2D eigenvalue weighted by molar-refractivity contribution is 7.99. The molecule has 108 valence electrons. The highest BCUT2D eigenvalue weighted by atomic mass is 32.2. The van der Waals surface area contributed by atoms with E-state index in [-0.39, 0.29) is 16.9 Å². The molecule has 1 aliphatic carbocycles. The van der Waals surface area contributed by atoms with Crippen LogP contribution < -0.4 is 0 Å². The first-order chi connectivity index (χ1) is 9.46. The first-order valence-electron chi connectivity index (χ1n) is 6.35. The van der Waals surface area contributed by atoms with Gasteiger partial charge in [0.2, 0.25) is 0 Å². The van der Waals surface area contributed by atoms with Gasteiger partial charge in [0, 0.05) is 22.5 Å². The van der Waals surface area contributed by atoms with Gasteiger partial charge in [-0.1, -0.05) is 0 Å². The molecule has 1 aliphatic rings. The molecule has 0 atom stereocenters. The van der Waals surface area contributed by atoms with Crippen LogP contribution in [0.25, 0.3) is 0 Å². The summed E-state index contributed by atoms with van der Waals surface area (Å²) in [5, 5.41) is 9.16. The molecule has 0 radical (unpaired) electrons. The number of aryl methyl sites for hydroxylation is 1. The summed E-state index contributed by atoms with van der Waals surface area (Å²) in [4.78, 5) is 27.3. The normalized spacial score (nSPS) is 15.7. The highest BCUT2D eigenvalue weighted by Gasteiger charge is 2.44. The van der Waals surface area contributed by atoms with E-state index in [1.54, 1.807) is 6.07 Å². The van der Waals surface area contributed by atoms with Crippen molar-refractivity contribution in [3.05, 3.63) is 23.5 Å². The van der Waals surface area contributed by atoms with E-state index in [0.29, 0.717) is 11.3 Å². The maximum absolute atomic E-state index is 11.4. The van der Waals surface area contributed by atoms with Gasteiger partial charge in [0.05, 0.1) is 19.1 Å². The van der Waals surface area contributed by atoms with Crippen LogP contribution in [0.1, 0.15) is 35.3 Å². The van der Waals surface area contributed by atoms with Crippen LogP contribution in [0.2, 0.25) is 0 Å². The summed E-state index contributed by atoms with van der Waals surface area (Å²) in [7, 11) is 1.39. The van der Waals surface area contributed by atoms with Gasteiger partial charge in [-0.25, -0.2) is 4.79 Å². The largest absolute Gasteiger partial charge is 0.478 e. The number of ether oxygens (including phenoxy) is 1. The highest BCUT2D eigenvalue weighted by Crippen LogP contribution is 2.52. The van der Waals surface area contributed by atoms with E-state index in [2.05, 4.69) is 4.98 Å². The van der Waals surface area contributed by atoms with Crippen LogP contribution in [0.3, 0.4) is 0 Å². The Hall–Kier alpha value is -1.56. The van der Waals surface area contributed by atoms with Gasteiger partial charge in [0.15, 0.2) is 0 Å². The number of nitrogens with zero attached hydrogens (tertiary/aromatic N) is 1. The van der Waals surface area contributed by atoms with Gasteiger partial charge >= 0.3 is 11.9 Å². The fraction of sp³-hybridized carbons (Fsp3) is 0.500. The van der Waals surface area contributed by atoms with Gasteiger partial charge in [-0.3, -0.25) is 9.78 Å². The topological polar surface area (TPSA) is 76.5 Å². The van der Waals surface area contributed by atoms with Crippen molar-refractivity contribution in [2.24, 2.45) is 5.41 Å². The number of rotatable bonds is 6. The molecule has 6 heteroatoms. The number of carbonyl (C=O) groups is 2. The van der Waals surface area contributed by atoms with Crippen molar-refractivity contribution in [1.29, 1.82) is 0 Å². The number of methoxy groups -OCH3 is 1. The molecule has 5 nitrogen and oxygen atoms in total. The monoisotopic (exact) mass is 295 g/mol. The molecule has 0 unspecified atom stereocenters. The lowest BCUT2D eigenvalue weighted by molar-refractivity contribution is -0.141. The Morgan fingerprint density at radius 3 is 2.75 bits per heavy atom. The van der Waals surface area contributed by atoms with Crippen LogP contribution in [-0.2, 0) is 9.53 Å². The lowest BCUT2D eigenvalue weighted by atomic mass is 10.1. The van der Waals surface area contributed by atoms with Crippen molar-refractivity contribution in [1.82, 2.24) is 4.98 Å². The second kappa shape index (κ2) is 5.83. The average molecular weight is 295 g/mol. The number of hydrogen-bond acceptors (Lipinski definition) is 5. The van der Waals surface area contributed by atoms with Gasteiger partial charge in [0.25, 0.3) is 0 Å². The number of aromatic carboxylic acids is 1. The van der Waals surface area contributed by atoms with E-state index in [1.165, 1.54) is 25.1 Å². The SMILES string of the molecule is COC(=O)CC1(CSc2cc(C)ncc2C(=O)O)CC1. The summed E-state index contributed by atoms with van der Waals surface area (Å²) in [6.45, 7) is 1.83. The minimum Gasteiger partial charge on any atom is -0.478 e. The number of pyridine rings is 1. The first-order valence-corrected chi connectivity index (χ1v) is 7.34. The Balaban J connectivity index is 2.06. The molecule has 1 aromatic heterocycles. The zero-order valence-electron chi connectivity index (χ0n) is 11.5. The van der Waals surface area contributed by atoms with Crippen LogP contribution >= 0.6 is 11.8 Å². The number of esters is 1. The van der Waals surface area contributed by atoms with Gasteiger partial charge < -0.3 is 9.84 Å². The molecule has 0 aromatic carbocycles. The molecule has 20 heavy (non-hydrogen) atoms. The van der Waals surface area contributed by atoms with Gasteiger partial charge in [-0.2, -0.15) is 0 Å². The number of carbonyl (C=O) groups excluding carboxylic acids is 1. The smallest absolute Gasteiger partial charge is 0.338 e. The van der Waals surface area contributed by atoms with E-state index in [1.807, 2.05) is 6.92 Å². The predicted molar refractivity (Wildman–Crippen MR) is 75.0 cm³/mol. The standard InChI is InChI=1S/C14H17NO4S/c1-9-5-11(10(7-15-9)13(17)18)20-8-14(3-4-14)6-12(16)19-2/h5,7H,3-4,6,8H2,1-2H3,(H,17,18). The summed E-state index contributed by atoms with van der Waals surface area (Å²) in [6, 6.07) is 1.78. The molecule has 1 N–H and O–H groups in total. The third-order valence-electron chi connectivity index (χ3n) is 3.47. The van der Waals surface area contributed by atoms with E-state index < -0.39 is 5.97 Å². The third kappa shape index (κ3) is 3.50. The molecule has 1 heterocycles. The molecule has 2 rings (SSSR count). The minimum atomic E-state index is -0.974. The number of carboxylic acid groups (broad SMARTS) is 1. The van der Waals surface area contributed by atoms with Crippen molar-refractivity contribution < 1.29 is 19.4 Å². The van der Waals surface area contributed by atoms with E-state index in [0.717, 1.165) is 24.3 Å². The maximum Gasteiger partial charge on any atom is 0.338 e. The number of hydrogen-bond donors (Lipinski definition) is 1. The van der Waals surface area contributed by atoms with Crippen molar-refractivity contribution in [3.63, 3.8) is 0 Å². The van der Waals surface area contributed by atoms with Crippen LogP contribution in [-0.4, -0.2) is 34.9 Å². The lowest BCUT2D eigenvalue weighted by Crippen LogP contribution is -2.13. The Labute approximate surface area is 121 Å². The summed E-state index contributed by atoms with van der Waals surface area (Å²) in [6.07, 6.45) is 3.77. The average Bonchev–Trinajstić information content (AvgIpc) is 3.16. The van der Waals surface area contributed by atoms with E-state index >= 15 is 0 Å². The Morgan fingerprint density at radius 2 is 2.20 bits per heavy atom. The second-order valence-electron chi connectivity index (χ2n) is 5.17. The second-order valence-corrected chi connectivity index (χ2v) is 6.19. The van der Waals surface area contributed by atoms with E-state index in [9.17, 15) is 9.59 Å². The third-order valence-corrected chi connectivity index (χ3v) is 4.88. The number of aromatic nitrogens is 1. The van der Waals surface area contributed by atoms with Gasteiger partial charge in [-0.15, -0.1) is 11.8 Å². The lowest BCUT2D eigenvalue weighted by Gasteiger charge is -2.14. The predicted octanol–water partition coefficient (Wildman–Crippen LogP) is 2.52. The Kier molecular flexibility index (Phi) is 4.32. The van der Waals surface area contributed by atoms with E-state index in [4.69, 9.17) is 9.84 Å². The molecule has 1 aromatic rings. The quantitative estimate of drug-likeness (QED) is 0.642. The number of thioether (sulfide) groups is 1. The Morgan fingerprint density at radius 1 is 1.50 bits per heavy atom. The Bertz CT molecular complexity index is 540. The van der Waals surface area contributed by atoms with Crippen LogP contribution in [0, 0.1) is 12.3 Å². The molecular weight excluding hydrogens is 278 g/mol. The van der Waals surface area contributed by atoms with Crippen molar-refractivity contribution in [3.8, 4) is 0 Å². The zero-order chi connectivity index (χ0) is 14.8. The summed E-state index contributed by atoms with van der Waals surface area (Å²) < 4.78 is 4.71. The van der Waals surface area contributed by atoms with Gasteiger partial charge in [0.1, 0.15) is 0 Å². The molecule has 0 spiro atoms. The molecule has 0 aliphatic heterocycles. The van der Waals surface area contributed by atoms with Crippen LogP contribution in [0.4, 0.5) is 0 Å². The van der Waals surface area contributed by atoms with Crippen molar-refractivity contribution >= 4 is 23.7 Å². The summed E-state index contributed by atoms with van der Waals surface area (Å²) in [5.74, 6) is -0.448. The van der Waals surface area contributed by atoms with Crippen molar-refractivity contribution in [2.45, 2.75) is 31.1 Å². The molecule has 0 saturated heterocycles. The molecule has 1 fully saturated rings. The van der Waals surface area contributed by atoms with Crippen LogP contribution in [0.15, 0.2) is 17.2 Å². The number of carboxylic acids is 1. The minimum absolute atomic E-state index is 0.0231. The molecule has 1 saturated carbocycles. The summed E-state index contributed by atoms with van der Waals surface area (Å²) >= 11 is 1.48. The van der Waals surface area contributed by atoms with Gasteiger partial charge in [-0.05, 0) is 31.2 Å². The maximum atomic E-state index is 11.4. The van der Waals surface area contributed by atoms with Crippen molar-refractivity contribution in [2.75, 3.05) is 12.9 Å². The molecule has 0 bridgehead atoms. The molecule has 0 amide bonds. The fourth-order valence-electron chi connectivity index (χ4n) is 1.97. The molecular formula is C14H17NO4S. The first kappa shape index (κ1) is 14.8. The summed E-state index contributed by atoms with van der Waals surface area (Å²) in [5.41, 5.74) is 0.981. The zero-order valence-corrected chi connectivity index (χ0v) is 12.3. The van der Waals surface area contributed by atoms with Crippen LogP contribution in [0.5, 0.6) is 0 Å². The fourth-order valence-corrected chi connectivity index (χ4v) is 3.37.